The SMILES string of the molecule is CCn1cnnc1CNCC1CCCCCC1. The van der Waals surface area contributed by atoms with Crippen LogP contribution in [0.1, 0.15) is 51.3 Å². The summed E-state index contributed by atoms with van der Waals surface area (Å²) in [7, 11) is 0. The number of aryl methyl sites for hydroxylation is 1. The summed E-state index contributed by atoms with van der Waals surface area (Å²) in [5.41, 5.74) is 0. The molecule has 1 aromatic rings. The molecule has 0 saturated heterocycles. The fourth-order valence-corrected chi connectivity index (χ4v) is 2.64. The third kappa shape index (κ3) is 3.80. The molecule has 96 valence electrons. The van der Waals surface area contributed by atoms with Gasteiger partial charge in [-0.15, -0.1) is 10.2 Å². The molecule has 1 fully saturated rings. The highest BCUT2D eigenvalue weighted by atomic mass is 15.3. The molecule has 0 radical (unpaired) electrons. The Hall–Kier alpha value is -0.900. The van der Waals surface area contributed by atoms with E-state index in [0.29, 0.717) is 0 Å². The van der Waals surface area contributed by atoms with Gasteiger partial charge >= 0.3 is 0 Å². The van der Waals surface area contributed by atoms with Crippen molar-refractivity contribution in [2.75, 3.05) is 6.54 Å². The molecule has 0 spiro atoms. The monoisotopic (exact) mass is 236 g/mol. The molecule has 1 aliphatic rings. The Balaban J connectivity index is 1.71. The Morgan fingerprint density at radius 3 is 2.76 bits per heavy atom. The molecule has 4 heteroatoms. The van der Waals surface area contributed by atoms with Gasteiger partial charge in [0.1, 0.15) is 12.2 Å². The highest BCUT2D eigenvalue weighted by Crippen LogP contribution is 2.22. The molecule has 1 heterocycles. The van der Waals surface area contributed by atoms with Gasteiger partial charge in [-0.25, -0.2) is 0 Å². The van der Waals surface area contributed by atoms with E-state index in [2.05, 4.69) is 27.0 Å². The van der Waals surface area contributed by atoms with Gasteiger partial charge in [-0.2, -0.15) is 0 Å². The predicted octanol–water partition coefficient (Wildman–Crippen LogP) is 2.36. The maximum absolute atomic E-state index is 4.14. The lowest BCUT2D eigenvalue weighted by Gasteiger charge is -2.14. The molecule has 17 heavy (non-hydrogen) atoms. The van der Waals surface area contributed by atoms with Crippen LogP contribution in [0.2, 0.25) is 0 Å². The third-order valence-electron chi connectivity index (χ3n) is 3.73. The van der Waals surface area contributed by atoms with Crippen molar-refractivity contribution in [3.05, 3.63) is 12.2 Å². The Morgan fingerprint density at radius 2 is 2.06 bits per heavy atom. The smallest absolute Gasteiger partial charge is 0.146 e. The van der Waals surface area contributed by atoms with Crippen LogP contribution >= 0.6 is 0 Å². The minimum atomic E-state index is 0.852. The first-order valence-corrected chi connectivity index (χ1v) is 6.97. The Morgan fingerprint density at radius 1 is 1.29 bits per heavy atom. The molecule has 1 saturated carbocycles. The maximum Gasteiger partial charge on any atom is 0.146 e. The van der Waals surface area contributed by atoms with E-state index < -0.39 is 0 Å². The van der Waals surface area contributed by atoms with Crippen LogP contribution in [0.15, 0.2) is 6.33 Å². The largest absolute Gasteiger partial charge is 0.317 e. The van der Waals surface area contributed by atoms with Gasteiger partial charge in [0.2, 0.25) is 0 Å². The maximum atomic E-state index is 4.14. The summed E-state index contributed by atoms with van der Waals surface area (Å²) < 4.78 is 2.10. The lowest BCUT2D eigenvalue weighted by molar-refractivity contribution is 0.420. The van der Waals surface area contributed by atoms with Crippen molar-refractivity contribution in [2.24, 2.45) is 5.92 Å². The zero-order chi connectivity index (χ0) is 11.9. The average Bonchev–Trinajstić information content (AvgIpc) is 2.64. The first-order valence-electron chi connectivity index (χ1n) is 6.97. The Kier molecular flexibility index (Phi) is 4.98. The molecular weight excluding hydrogens is 212 g/mol. The number of nitrogens with one attached hydrogen (secondary N) is 1. The number of hydrogen-bond acceptors (Lipinski definition) is 3. The first-order chi connectivity index (χ1) is 8.40. The number of hydrogen-bond donors (Lipinski definition) is 1. The molecule has 2 rings (SSSR count). The van der Waals surface area contributed by atoms with E-state index in [1.54, 1.807) is 0 Å². The van der Waals surface area contributed by atoms with Crippen molar-refractivity contribution in [1.29, 1.82) is 0 Å². The van der Waals surface area contributed by atoms with Crippen molar-refractivity contribution in [3.8, 4) is 0 Å². The van der Waals surface area contributed by atoms with Crippen LogP contribution in [0.3, 0.4) is 0 Å². The fourth-order valence-electron chi connectivity index (χ4n) is 2.64. The predicted molar refractivity (Wildman–Crippen MR) is 68.6 cm³/mol. The second-order valence-corrected chi connectivity index (χ2v) is 5.02. The van der Waals surface area contributed by atoms with Gasteiger partial charge in [-0.1, -0.05) is 25.7 Å². The topological polar surface area (TPSA) is 42.7 Å². The highest BCUT2D eigenvalue weighted by Gasteiger charge is 2.12. The zero-order valence-corrected chi connectivity index (χ0v) is 10.9. The normalized spacial score (nSPS) is 18.2. The van der Waals surface area contributed by atoms with Gasteiger partial charge in [0, 0.05) is 6.54 Å². The Bertz CT molecular complexity index is 313. The van der Waals surface area contributed by atoms with Gasteiger partial charge in [-0.05, 0) is 32.2 Å². The van der Waals surface area contributed by atoms with Gasteiger partial charge in [-0.3, -0.25) is 0 Å². The summed E-state index contributed by atoms with van der Waals surface area (Å²) in [6, 6.07) is 0. The van der Waals surface area contributed by atoms with Crippen molar-refractivity contribution >= 4 is 0 Å². The van der Waals surface area contributed by atoms with E-state index in [-0.39, 0.29) is 0 Å². The number of nitrogens with zero attached hydrogens (tertiary/aromatic N) is 3. The molecule has 1 aromatic heterocycles. The second-order valence-electron chi connectivity index (χ2n) is 5.02. The minimum Gasteiger partial charge on any atom is -0.317 e. The van der Waals surface area contributed by atoms with E-state index in [9.17, 15) is 0 Å². The van der Waals surface area contributed by atoms with Crippen LogP contribution < -0.4 is 5.32 Å². The van der Waals surface area contributed by atoms with E-state index in [1.165, 1.54) is 38.5 Å². The van der Waals surface area contributed by atoms with Gasteiger partial charge in [0.25, 0.3) is 0 Å². The number of rotatable bonds is 5. The van der Waals surface area contributed by atoms with Crippen LogP contribution in [-0.4, -0.2) is 21.3 Å². The third-order valence-corrected chi connectivity index (χ3v) is 3.73. The fraction of sp³-hybridized carbons (Fsp3) is 0.846. The van der Waals surface area contributed by atoms with Crippen LogP contribution in [0.25, 0.3) is 0 Å². The minimum absolute atomic E-state index is 0.852. The lowest BCUT2D eigenvalue weighted by atomic mass is 10.0. The molecule has 4 nitrogen and oxygen atoms in total. The van der Waals surface area contributed by atoms with Crippen molar-refractivity contribution < 1.29 is 0 Å². The molecule has 1 aliphatic carbocycles. The van der Waals surface area contributed by atoms with E-state index in [4.69, 9.17) is 0 Å². The van der Waals surface area contributed by atoms with Gasteiger partial charge in [0.15, 0.2) is 0 Å². The zero-order valence-electron chi connectivity index (χ0n) is 10.9. The summed E-state index contributed by atoms with van der Waals surface area (Å²) >= 11 is 0. The quantitative estimate of drug-likeness (QED) is 0.798. The summed E-state index contributed by atoms with van der Waals surface area (Å²) in [5.74, 6) is 1.93. The number of aromatic nitrogens is 3. The molecule has 0 atom stereocenters. The van der Waals surface area contributed by atoms with E-state index >= 15 is 0 Å². The van der Waals surface area contributed by atoms with E-state index in [0.717, 1.165) is 31.4 Å². The summed E-state index contributed by atoms with van der Waals surface area (Å²) in [5, 5.41) is 11.6. The van der Waals surface area contributed by atoms with Crippen LogP contribution in [0, 0.1) is 5.92 Å². The summed E-state index contributed by atoms with van der Waals surface area (Å²) in [6.45, 7) is 5.06. The molecular formula is C13H24N4. The van der Waals surface area contributed by atoms with Crippen LogP contribution in [0.4, 0.5) is 0 Å². The first kappa shape index (κ1) is 12.6. The van der Waals surface area contributed by atoms with Gasteiger partial charge < -0.3 is 9.88 Å². The van der Waals surface area contributed by atoms with Crippen LogP contribution in [0.5, 0.6) is 0 Å². The molecule has 0 amide bonds. The standard InChI is InChI=1S/C13H24N4/c1-2-17-11-15-16-13(17)10-14-9-12-7-5-3-4-6-8-12/h11-12,14H,2-10H2,1H3. The van der Waals surface area contributed by atoms with Crippen LogP contribution in [-0.2, 0) is 13.1 Å². The second kappa shape index (κ2) is 6.74. The molecule has 0 aliphatic heterocycles. The van der Waals surface area contributed by atoms with Crippen molar-refractivity contribution in [3.63, 3.8) is 0 Å². The van der Waals surface area contributed by atoms with Gasteiger partial charge in [0.05, 0.1) is 6.54 Å². The Labute approximate surface area is 104 Å². The average molecular weight is 236 g/mol. The molecule has 1 N–H and O–H groups in total. The van der Waals surface area contributed by atoms with Crippen molar-refractivity contribution in [1.82, 2.24) is 20.1 Å². The highest BCUT2D eigenvalue weighted by molar-refractivity contribution is 4.84. The molecule has 0 bridgehead atoms. The van der Waals surface area contributed by atoms with Crippen molar-refractivity contribution in [2.45, 2.75) is 58.5 Å². The lowest BCUT2D eigenvalue weighted by Crippen LogP contribution is -2.23. The summed E-state index contributed by atoms with van der Waals surface area (Å²) in [6.07, 6.45) is 10.3. The molecule has 0 unspecified atom stereocenters. The van der Waals surface area contributed by atoms with E-state index in [1.807, 2.05) is 6.33 Å². The summed E-state index contributed by atoms with van der Waals surface area (Å²) in [4.78, 5) is 0. The molecule has 0 aromatic carbocycles.